The summed E-state index contributed by atoms with van der Waals surface area (Å²) in [6.45, 7) is 1.86. The molecule has 6 nitrogen and oxygen atoms in total. The van der Waals surface area contributed by atoms with Gasteiger partial charge in [-0.3, -0.25) is 9.78 Å². The Balaban J connectivity index is 2.91. The molecular formula is C11H15FN2O4S. The standard InChI is InChI=1S/C11H15FN2O4S/c1-2-3-4-10(11(15)16)14-19(17,18)9-5-8(12)6-13-7-9/h5-7,10,14H,2-4H2,1H3,(H,15,16)/t10-/m0/s1. The fourth-order valence-electron chi connectivity index (χ4n) is 1.44. The van der Waals surface area contributed by atoms with Crippen molar-refractivity contribution < 1.29 is 22.7 Å². The summed E-state index contributed by atoms with van der Waals surface area (Å²) in [6, 6.07) is -0.443. The van der Waals surface area contributed by atoms with Gasteiger partial charge in [0.25, 0.3) is 0 Å². The highest BCUT2D eigenvalue weighted by atomic mass is 32.2. The first kappa shape index (κ1) is 15.5. The first-order valence-corrected chi connectivity index (χ1v) is 7.21. The number of halogens is 1. The maximum absolute atomic E-state index is 12.9. The number of aliphatic carboxylic acids is 1. The molecule has 1 rings (SSSR count). The second-order valence-corrected chi connectivity index (χ2v) is 5.71. The van der Waals surface area contributed by atoms with Gasteiger partial charge in [0.1, 0.15) is 16.8 Å². The third-order valence-corrected chi connectivity index (χ3v) is 3.87. The number of pyridine rings is 1. The molecule has 2 N–H and O–H groups in total. The van der Waals surface area contributed by atoms with Gasteiger partial charge in [-0.1, -0.05) is 19.8 Å². The molecule has 0 spiro atoms. The number of carboxylic acid groups (broad SMARTS) is 1. The Hall–Kier alpha value is -1.54. The van der Waals surface area contributed by atoms with Crippen LogP contribution in [0.3, 0.4) is 0 Å². The van der Waals surface area contributed by atoms with Crippen LogP contribution in [0.25, 0.3) is 0 Å². The first-order valence-electron chi connectivity index (χ1n) is 5.72. The van der Waals surface area contributed by atoms with Crippen LogP contribution in [0.2, 0.25) is 0 Å². The van der Waals surface area contributed by atoms with Gasteiger partial charge in [0.05, 0.1) is 6.20 Å². The van der Waals surface area contributed by atoms with E-state index in [0.717, 1.165) is 24.9 Å². The molecule has 0 unspecified atom stereocenters. The Labute approximate surface area is 110 Å². The van der Waals surface area contributed by atoms with Crippen molar-refractivity contribution in [1.82, 2.24) is 9.71 Å². The van der Waals surface area contributed by atoms with Gasteiger partial charge in [-0.15, -0.1) is 0 Å². The van der Waals surface area contributed by atoms with Gasteiger partial charge >= 0.3 is 5.97 Å². The van der Waals surface area contributed by atoms with E-state index >= 15 is 0 Å². The summed E-state index contributed by atoms with van der Waals surface area (Å²) in [5.41, 5.74) is 0. The molecule has 8 heteroatoms. The number of aromatic nitrogens is 1. The lowest BCUT2D eigenvalue weighted by atomic mass is 10.1. The van der Waals surface area contributed by atoms with E-state index in [1.165, 1.54) is 0 Å². The lowest BCUT2D eigenvalue weighted by molar-refractivity contribution is -0.139. The van der Waals surface area contributed by atoms with Crippen LogP contribution in [0, 0.1) is 5.82 Å². The molecule has 0 amide bonds. The maximum Gasteiger partial charge on any atom is 0.321 e. The Morgan fingerprint density at radius 2 is 2.21 bits per heavy atom. The SMILES string of the molecule is CCCC[C@H](NS(=O)(=O)c1cncc(F)c1)C(=O)O. The second-order valence-electron chi connectivity index (χ2n) is 3.99. The van der Waals surface area contributed by atoms with Crippen molar-refractivity contribution in [2.24, 2.45) is 0 Å². The van der Waals surface area contributed by atoms with Crippen molar-refractivity contribution in [3.05, 3.63) is 24.3 Å². The van der Waals surface area contributed by atoms with E-state index in [0.29, 0.717) is 6.42 Å². The molecule has 0 saturated carbocycles. The number of hydrogen-bond donors (Lipinski definition) is 2. The molecule has 1 aromatic rings. The van der Waals surface area contributed by atoms with Crippen molar-refractivity contribution >= 4 is 16.0 Å². The summed E-state index contributed by atoms with van der Waals surface area (Å²) in [4.78, 5) is 14.0. The Morgan fingerprint density at radius 3 is 2.74 bits per heavy atom. The Bertz CT molecular complexity index is 547. The summed E-state index contributed by atoms with van der Waals surface area (Å²) < 4.78 is 38.7. The summed E-state index contributed by atoms with van der Waals surface area (Å²) >= 11 is 0. The minimum atomic E-state index is -4.09. The predicted octanol–water partition coefficient (Wildman–Crippen LogP) is 1.14. The molecule has 106 valence electrons. The quantitative estimate of drug-likeness (QED) is 0.785. The van der Waals surface area contributed by atoms with Gasteiger partial charge in [-0.2, -0.15) is 4.72 Å². The van der Waals surface area contributed by atoms with E-state index in [2.05, 4.69) is 4.98 Å². The van der Waals surface area contributed by atoms with Crippen LogP contribution in [0.15, 0.2) is 23.4 Å². The summed E-state index contributed by atoms with van der Waals surface area (Å²) in [7, 11) is -4.09. The molecule has 0 bridgehead atoms. The fourth-order valence-corrected chi connectivity index (χ4v) is 2.63. The minimum Gasteiger partial charge on any atom is -0.480 e. The van der Waals surface area contributed by atoms with Crippen LogP contribution in [0.5, 0.6) is 0 Å². The average molecular weight is 290 g/mol. The molecule has 0 aromatic carbocycles. The number of nitrogens with one attached hydrogen (secondary N) is 1. The van der Waals surface area contributed by atoms with Crippen molar-refractivity contribution in [2.75, 3.05) is 0 Å². The van der Waals surface area contributed by atoms with Crippen LogP contribution in [-0.2, 0) is 14.8 Å². The van der Waals surface area contributed by atoms with Gasteiger partial charge in [-0.25, -0.2) is 12.8 Å². The molecule has 1 atom stereocenters. The minimum absolute atomic E-state index is 0.174. The molecule has 1 aromatic heterocycles. The van der Waals surface area contributed by atoms with E-state index < -0.39 is 32.7 Å². The zero-order valence-corrected chi connectivity index (χ0v) is 11.2. The molecule has 0 radical (unpaired) electrons. The van der Waals surface area contributed by atoms with Gasteiger partial charge in [0.15, 0.2) is 0 Å². The molecule has 1 heterocycles. The van der Waals surface area contributed by atoms with Crippen molar-refractivity contribution in [1.29, 1.82) is 0 Å². The van der Waals surface area contributed by atoms with Crippen LogP contribution in [-0.4, -0.2) is 30.5 Å². The van der Waals surface area contributed by atoms with Crippen LogP contribution in [0.4, 0.5) is 4.39 Å². The van der Waals surface area contributed by atoms with E-state index in [9.17, 15) is 17.6 Å². The number of nitrogens with zero attached hydrogens (tertiary/aromatic N) is 1. The number of hydrogen-bond acceptors (Lipinski definition) is 4. The highest BCUT2D eigenvalue weighted by molar-refractivity contribution is 7.89. The third kappa shape index (κ3) is 4.56. The first-order chi connectivity index (χ1) is 8.86. The number of unbranched alkanes of at least 4 members (excludes halogenated alkanes) is 1. The second kappa shape index (κ2) is 6.58. The highest BCUT2D eigenvalue weighted by Crippen LogP contribution is 2.11. The molecule has 19 heavy (non-hydrogen) atoms. The topological polar surface area (TPSA) is 96.4 Å². The van der Waals surface area contributed by atoms with Crippen molar-refractivity contribution in [3.8, 4) is 0 Å². The van der Waals surface area contributed by atoms with E-state index in [4.69, 9.17) is 5.11 Å². The third-order valence-electron chi connectivity index (χ3n) is 2.43. The van der Waals surface area contributed by atoms with E-state index in [-0.39, 0.29) is 6.42 Å². The molecule has 0 aliphatic carbocycles. The largest absolute Gasteiger partial charge is 0.480 e. The monoisotopic (exact) mass is 290 g/mol. The summed E-state index contributed by atoms with van der Waals surface area (Å²) in [5, 5.41) is 8.95. The molecule has 0 fully saturated rings. The normalized spacial score (nSPS) is 13.2. The van der Waals surface area contributed by atoms with Crippen LogP contribution < -0.4 is 4.72 Å². The molecule has 0 aliphatic rings. The van der Waals surface area contributed by atoms with Crippen LogP contribution in [0.1, 0.15) is 26.2 Å². The van der Waals surface area contributed by atoms with Gasteiger partial charge in [0, 0.05) is 6.20 Å². The number of carboxylic acids is 1. The smallest absolute Gasteiger partial charge is 0.321 e. The number of rotatable bonds is 7. The number of sulfonamides is 1. The van der Waals surface area contributed by atoms with E-state index in [1.807, 2.05) is 11.6 Å². The van der Waals surface area contributed by atoms with Crippen molar-refractivity contribution in [2.45, 2.75) is 37.1 Å². The summed E-state index contributed by atoms with van der Waals surface area (Å²) in [6.07, 6.45) is 3.32. The van der Waals surface area contributed by atoms with Crippen molar-refractivity contribution in [3.63, 3.8) is 0 Å². The maximum atomic E-state index is 12.9. The van der Waals surface area contributed by atoms with Gasteiger partial charge in [-0.05, 0) is 12.5 Å². The Morgan fingerprint density at radius 1 is 1.53 bits per heavy atom. The Kier molecular flexibility index (Phi) is 5.37. The lowest BCUT2D eigenvalue weighted by Crippen LogP contribution is -2.40. The number of carbonyl (C=O) groups is 1. The lowest BCUT2D eigenvalue weighted by Gasteiger charge is -2.14. The zero-order valence-electron chi connectivity index (χ0n) is 10.3. The average Bonchev–Trinajstić information content (AvgIpc) is 2.34. The summed E-state index contributed by atoms with van der Waals surface area (Å²) in [5.74, 6) is -2.07. The fraction of sp³-hybridized carbons (Fsp3) is 0.455. The zero-order chi connectivity index (χ0) is 14.5. The van der Waals surface area contributed by atoms with Crippen LogP contribution >= 0.6 is 0 Å². The molecular weight excluding hydrogens is 275 g/mol. The highest BCUT2D eigenvalue weighted by Gasteiger charge is 2.25. The van der Waals surface area contributed by atoms with Gasteiger partial charge in [0.2, 0.25) is 10.0 Å². The van der Waals surface area contributed by atoms with E-state index in [1.54, 1.807) is 0 Å². The van der Waals surface area contributed by atoms with Gasteiger partial charge < -0.3 is 5.11 Å². The predicted molar refractivity (Wildman–Crippen MR) is 65.5 cm³/mol. The molecule has 0 aliphatic heterocycles. The molecule has 0 saturated heterocycles.